The number of nitrogens with zero attached hydrogens (tertiary/aromatic N) is 3. The number of anilines is 1. The molecule has 2 aromatic carbocycles. The highest BCUT2D eigenvalue weighted by molar-refractivity contribution is 6.30. The van der Waals surface area contributed by atoms with E-state index in [1.54, 1.807) is 18.7 Å². The quantitative estimate of drug-likeness (QED) is 0.584. The maximum Gasteiger partial charge on any atom is 0.0991 e. The maximum absolute atomic E-state index is 5.83. The van der Waals surface area contributed by atoms with E-state index in [0.717, 1.165) is 16.9 Å². The Labute approximate surface area is 127 Å². The summed E-state index contributed by atoms with van der Waals surface area (Å²) in [5, 5.41) is 4.90. The fraction of sp³-hybridized carbons (Fsp3) is 0. The molecule has 4 nitrogen and oxygen atoms in total. The van der Waals surface area contributed by atoms with Crippen molar-refractivity contribution in [2.75, 3.05) is 5.43 Å². The minimum Gasteiger partial charge on any atom is -0.306 e. The minimum atomic E-state index is 0.708. The fourth-order valence-corrected chi connectivity index (χ4v) is 1.98. The highest BCUT2D eigenvalue weighted by atomic mass is 35.5. The maximum atomic E-state index is 5.83. The number of benzene rings is 2. The zero-order valence-electron chi connectivity index (χ0n) is 11.1. The zero-order chi connectivity index (χ0) is 14.5. The van der Waals surface area contributed by atoms with Gasteiger partial charge in [-0.05, 0) is 42.0 Å². The molecule has 1 N–H and O–H groups in total. The second kappa shape index (κ2) is 6.24. The van der Waals surface area contributed by atoms with Crippen LogP contribution in [0.1, 0.15) is 5.56 Å². The summed E-state index contributed by atoms with van der Waals surface area (Å²) in [4.78, 5) is 4.03. The third-order valence-electron chi connectivity index (χ3n) is 2.95. The fourth-order valence-electron chi connectivity index (χ4n) is 1.85. The molecule has 0 aliphatic carbocycles. The van der Waals surface area contributed by atoms with Crippen LogP contribution in [0.25, 0.3) is 5.69 Å². The van der Waals surface area contributed by atoms with Crippen molar-refractivity contribution in [3.8, 4) is 5.69 Å². The van der Waals surface area contributed by atoms with Gasteiger partial charge in [0, 0.05) is 23.1 Å². The lowest BCUT2D eigenvalue weighted by atomic mass is 10.2. The summed E-state index contributed by atoms with van der Waals surface area (Å²) in [6, 6.07) is 15.4. The molecule has 0 amide bonds. The van der Waals surface area contributed by atoms with E-state index in [1.807, 2.05) is 59.3 Å². The van der Waals surface area contributed by atoms with Gasteiger partial charge in [-0.15, -0.1) is 0 Å². The number of aromatic nitrogens is 2. The van der Waals surface area contributed by atoms with Crippen LogP contribution < -0.4 is 5.43 Å². The Kier molecular flexibility index (Phi) is 3.98. The van der Waals surface area contributed by atoms with E-state index in [0.29, 0.717) is 5.02 Å². The second-order valence-electron chi connectivity index (χ2n) is 4.44. The van der Waals surface area contributed by atoms with Gasteiger partial charge in [-0.25, -0.2) is 4.98 Å². The molecule has 0 unspecified atom stereocenters. The van der Waals surface area contributed by atoms with Crippen molar-refractivity contribution >= 4 is 23.5 Å². The molecule has 0 radical (unpaired) electrons. The van der Waals surface area contributed by atoms with E-state index >= 15 is 0 Å². The Balaban J connectivity index is 1.65. The highest BCUT2D eigenvalue weighted by Crippen LogP contribution is 2.13. The molecule has 1 aromatic heterocycles. The molecule has 5 heteroatoms. The van der Waals surface area contributed by atoms with Gasteiger partial charge in [0.15, 0.2) is 0 Å². The van der Waals surface area contributed by atoms with Crippen LogP contribution >= 0.6 is 11.6 Å². The molecule has 1 heterocycles. The van der Waals surface area contributed by atoms with Gasteiger partial charge in [0.2, 0.25) is 0 Å². The van der Waals surface area contributed by atoms with Crippen LogP contribution in [-0.2, 0) is 0 Å². The average Bonchev–Trinajstić information content (AvgIpc) is 3.04. The smallest absolute Gasteiger partial charge is 0.0991 e. The number of nitrogens with one attached hydrogen (secondary N) is 1. The van der Waals surface area contributed by atoms with E-state index < -0.39 is 0 Å². The predicted molar refractivity (Wildman–Crippen MR) is 86.2 cm³/mol. The van der Waals surface area contributed by atoms with E-state index in [1.165, 1.54) is 0 Å². The number of hydrazone groups is 1. The monoisotopic (exact) mass is 296 g/mol. The lowest BCUT2D eigenvalue weighted by Crippen LogP contribution is -1.92. The van der Waals surface area contributed by atoms with Crippen molar-refractivity contribution in [3.63, 3.8) is 0 Å². The van der Waals surface area contributed by atoms with Gasteiger partial charge in [0.25, 0.3) is 0 Å². The molecule has 3 rings (SSSR count). The van der Waals surface area contributed by atoms with E-state index in [-0.39, 0.29) is 0 Å². The van der Waals surface area contributed by atoms with Crippen LogP contribution in [-0.4, -0.2) is 15.8 Å². The van der Waals surface area contributed by atoms with Gasteiger partial charge in [0.05, 0.1) is 18.2 Å². The SMILES string of the molecule is Clc1ccc(N/N=C/c2ccc(-n3ccnc3)cc2)cc1. The summed E-state index contributed by atoms with van der Waals surface area (Å²) < 4.78 is 1.95. The first-order valence-electron chi connectivity index (χ1n) is 6.44. The third-order valence-corrected chi connectivity index (χ3v) is 3.20. The molecule has 0 aliphatic heterocycles. The molecule has 104 valence electrons. The van der Waals surface area contributed by atoms with Crippen LogP contribution in [0.5, 0.6) is 0 Å². The molecule has 0 fully saturated rings. The average molecular weight is 297 g/mol. The summed E-state index contributed by atoms with van der Waals surface area (Å²) in [5.41, 5.74) is 5.93. The Morgan fingerprint density at radius 3 is 2.48 bits per heavy atom. The second-order valence-corrected chi connectivity index (χ2v) is 4.87. The predicted octanol–water partition coefficient (Wildman–Crippen LogP) is 3.97. The first-order valence-corrected chi connectivity index (χ1v) is 6.82. The van der Waals surface area contributed by atoms with E-state index in [4.69, 9.17) is 11.6 Å². The van der Waals surface area contributed by atoms with Crippen LogP contribution in [0.15, 0.2) is 72.4 Å². The molecule has 0 saturated heterocycles. The lowest BCUT2D eigenvalue weighted by molar-refractivity contribution is 1.06. The van der Waals surface area contributed by atoms with Gasteiger partial charge in [-0.2, -0.15) is 5.10 Å². The summed E-state index contributed by atoms with van der Waals surface area (Å²) in [6.45, 7) is 0. The first kappa shape index (κ1) is 13.4. The van der Waals surface area contributed by atoms with Crippen molar-refractivity contribution in [2.24, 2.45) is 5.10 Å². The van der Waals surface area contributed by atoms with Crippen molar-refractivity contribution in [1.82, 2.24) is 9.55 Å². The molecule has 3 aromatic rings. The van der Waals surface area contributed by atoms with Gasteiger partial charge < -0.3 is 4.57 Å². The summed E-state index contributed by atoms with van der Waals surface area (Å²) in [6.07, 6.45) is 7.20. The normalized spacial score (nSPS) is 10.9. The highest BCUT2D eigenvalue weighted by Gasteiger charge is 1.95. The number of imidazole rings is 1. The minimum absolute atomic E-state index is 0.708. The Hall–Kier alpha value is -2.59. The Morgan fingerprint density at radius 2 is 1.81 bits per heavy atom. The standard InChI is InChI=1S/C16H13ClN4/c17-14-3-5-15(6-4-14)20-19-11-13-1-7-16(8-2-13)21-10-9-18-12-21/h1-12,20H/b19-11+. The van der Waals surface area contributed by atoms with Crippen LogP contribution in [0.2, 0.25) is 5.02 Å². The number of hydrogen-bond donors (Lipinski definition) is 1. The largest absolute Gasteiger partial charge is 0.306 e. The topological polar surface area (TPSA) is 42.2 Å². The summed E-state index contributed by atoms with van der Waals surface area (Å²) >= 11 is 5.83. The van der Waals surface area contributed by atoms with Gasteiger partial charge in [-0.1, -0.05) is 23.7 Å². The molecule has 0 atom stereocenters. The molecular weight excluding hydrogens is 284 g/mol. The summed E-state index contributed by atoms with van der Waals surface area (Å²) in [5.74, 6) is 0. The number of halogens is 1. The Bertz CT molecular complexity index is 716. The molecule has 21 heavy (non-hydrogen) atoms. The van der Waals surface area contributed by atoms with Gasteiger partial charge >= 0.3 is 0 Å². The van der Waals surface area contributed by atoms with Crippen molar-refractivity contribution in [3.05, 3.63) is 77.8 Å². The zero-order valence-corrected chi connectivity index (χ0v) is 11.9. The van der Waals surface area contributed by atoms with Crippen molar-refractivity contribution < 1.29 is 0 Å². The van der Waals surface area contributed by atoms with E-state index in [9.17, 15) is 0 Å². The molecule has 0 bridgehead atoms. The van der Waals surface area contributed by atoms with Gasteiger partial charge in [0.1, 0.15) is 0 Å². The Morgan fingerprint density at radius 1 is 1.05 bits per heavy atom. The lowest BCUT2D eigenvalue weighted by Gasteiger charge is -2.02. The number of hydrogen-bond acceptors (Lipinski definition) is 3. The number of rotatable bonds is 4. The first-order chi connectivity index (χ1) is 10.3. The molecule has 0 saturated carbocycles. The third kappa shape index (κ3) is 3.49. The van der Waals surface area contributed by atoms with Crippen LogP contribution in [0.3, 0.4) is 0 Å². The molecular formula is C16H13ClN4. The molecule has 0 aliphatic rings. The van der Waals surface area contributed by atoms with Crippen LogP contribution in [0.4, 0.5) is 5.69 Å². The van der Waals surface area contributed by atoms with E-state index in [2.05, 4.69) is 15.5 Å². The molecule has 0 spiro atoms. The van der Waals surface area contributed by atoms with Gasteiger partial charge in [-0.3, -0.25) is 5.43 Å². The van der Waals surface area contributed by atoms with Crippen molar-refractivity contribution in [2.45, 2.75) is 0 Å². The van der Waals surface area contributed by atoms with Crippen LogP contribution in [0, 0.1) is 0 Å². The van der Waals surface area contributed by atoms with Crippen molar-refractivity contribution in [1.29, 1.82) is 0 Å². The summed E-state index contributed by atoms with van der Waals surface area (Å²) in [7, 11) is 0.